The molecule has 0 spiro atoms. The molecule has 1 aliphatic rings. The van der Waals surface area contributed by atoms with Crippen LogP contribution < -0.4 is 0 Å². The Kier molecular flexibility index (Phi) is 4.76. The van der Waals surface area contributed by atoms with Crippen molar-refractivity contribution in [3.8, 4) is 0 Å². The lowest BCUT2D eigenvalue weighted by Crippen LogP contribution is -2.38. The third-order valence-electron chi connectivity index (χ3n) is 2.59. The maximum atomic E-state index is 11.9. The second kappa shape index (κ2) is 5.89. The van der Waals surface area contributed by atoms with E-state index in [0.717, 1.165) is 0 Å². The molecule has 18 heavy (non-hydrogen) atoms. The Morgan fingerprint density at radius 2 is 2.00 bits per heavy atom. The molecule has 0 saturated carbocycles. The van der Waals surface area contributed by atoms with Gasteiger partial charge >= 0.3 is 12.1 Å². The third-order valence-corrected chi connectivity index (χ3v) is 2.59. The van der Waals surface area contributed by atoms with Crippen molar-refractivity contribution in [3.63, 3.8) is 0 Å². The van der Waals surface area contributed by atoms with Crippen LogP contribution in [0.2, 0.25) is 0 Å². The molecule has 1 rings (SSSR count). The number of carbonyl (C=O) groups excluding carboxylic acids is 1. The van der Waals surface area contributed by atoms with E-state index < -0.39 is 11.6 Å². The molecule has 0 aromatic carbocycles. The first kappa shape index (κ1) is 14.5. The maximum absolute atomic E-state index is 11.9. The highest BCUT2D eigenvalue weighted by Gasteiger charge is 2.22. The molecule has 5 heteroatoms. The van der Waals surface area contributed by atoms with Crippen LogP contribution in [-0.4, -0.2) is 40.8 Å². The smallest absolute Gasteiger partial charge is 0.410 e. The van der Waals surface area contributed by atoms with Gasteiger partial charge in [-0.05, 0) is 40.0 Å². The Morgan fingerprint density at radius 1 is 1.33 bits per heavy atom. The predicted molar refractivity (Wildman–Crippen MR) is 67.4 cm³/mol. The first-order valence-electron chi connectivity index (χ1n) is 6.20. The fourth-order valence-corrected chi connectivity index (χ4v) is 1.77. The molecule has 0 fully saturated rings. The number of aliphatic carboxylic acids is 1. The number of carbonyl (C=O) groups is 2. The van der Waals surface area contributed by atoms with Gasteiger partial charge in [-0.25, -0.2) is 9.59 Å². The van der Waals surface area contributed by atoms with Gasteiger partial charge < -0.3 is 14.7 Å². The molecule has 0 aliphatic carbocycles. The van der Waals surface area contributed by atoms with E-state index in [9.17, 15) is 9.59 Å². The fraction of sp³-hybridized carbons (Fsp3) is 0.692. The van der Waals surface area contributed by atoms with E-state index >= 15 is 0 Å². The molecule has 5 nitrogen and oxygen atoms in total. The zero-order valence-electron chi connectivity index (χ0n) is 11.2. The molecule has 0 radical (unpaired) electrons. The van der Waals surface area contributed by atoms with Gasteiger partial charge in [-0.2, -0.15) is 0 Å². The molecule has 102 valence electrons. The first-order chi connectivity index (χ1) is 8.29. The molecular formula is C13H21NO4. The standard InChI is InChI=1S/C13H21NO4/c1-13(2,3)18-12(17)14-8-4-6-10(11(15)16)7-5-9-14/h6H,4-5,7-9H2,1-3H3,(H,15,16). The van der Waals surface area contributed by atoms with Crippen LogP contribution in [0.25, 0.3) is 0 Å². The van der Waals surface area contributed by atoms with Gasteiger partial charge in [0.2, 0.25) is 0 Å². The van der Waals surface area contributed by atoms with Crippen molar-refractivity contribution in [1.82, 2.24) is 4.90 Å². The van der Waals surface area contributed by atoms with Gasteiger partial charge in [0.15, 0.2) is 0 Å². The van der Waals surface area contributed by atoms with Crippen LogP contribution in [0.3, 0.4) is 0 Å². The second-order valence-electron chi connectivity index (χ2n) is 5.39. The zero-order valence-corrected chi connectivity index (χ0v) is 11.2. The van der Waals surface area contributed by atoms with E-state index in [1.807, 2.05) is 20.8 Å². The molecule has 0 saturated heterocycles. The molecule has 1 N–H and O–H groups in total. The summed E-state index contributed by atoms with van der Waals surface area (Å²) in [6, 6.07) is 0. The minimum atomic E-state index is -0.860. The summed E-state index contributed by atoms with van der Waals surface area (Å²) in [7, 11) is 0. The van der Waals surface area contributed by atoms with Crippen molar-refractivity contribution in [1.29, 1.82) is 0 Å². The topological polar surface area (TPSA) is 66.8 Å². The largest absolute Gasteiger partial charge is 0.478 e. The highest BCUT2D eigenvalue weighted by molar-refractivity contribution is 5.86. The number of ether oxygens (including phenoxy) is 1. The van der Waals surface area contributed by atoms with Gasteiger partial charge in [0.25, 0.3) is 0 Å². The van der Waals surface area contributed by atoms with Crippen molar-refractivity contribution < 1.29 is 19.4 Å². The van der Waals surface area contributed by atoms with Gasteiger partial charge in [-0.3, -0.25) is 0 Å². The highest BCUT2D eigenvalue weighted by Crippen LogP contribution is 2.15. The molecule has 1 heterocycles. The molecule has 0 aromatic heterocycles. The Balaban J connectivity index is 2.57. The SMILES string of the molecule is CC(C)(C)OC(=O)N1CCC=C(C(=O)O)CCC1. The average molecular weight is 255 g/mol. The van der Waals surface area contributed by atoms with E-state index in [2.05, 4.69) is 0 Å². The lowest BCUT2D eigenvalue weighted by Gasteiger charge is -2.28. The molecule has 0 atom stereocenters. The van der Waals surface area contributed by atoms with Gasteiger partial charge in [0.05, 0.1) is 0 Å². The van der Waals surface area contributed by atoms with Crippen molar-refractivity contribution in [3.05, 3.63) is 11.6 Å². The van der Waals surface area contributed by atoms with E-state index in [-0.39, 0.29) is 6.09 Å². The van der Waals surface area contributed by atoms with Crippen molar-refractivity contribution >= 4 is 12.1 Å². The maximum Gasteiger partial charge on any atom is 0.410 e. The Bertz CT molecular complexity index is 354. The van der Waals surface area contributed by atoms with Crippen molar-refractivity contribution in [2.75, 3.05) is 13.1 Å². The molecule has 0 bridgehead atoms. The number of rotatable bonds is 1. The Labute approximate surface area is 107 Å². The van der Waals surface area contributed by atoms with E-state index in [4.69, 9.17) is 9.84 Å². The summed E-state index contributed by atoms with van der Waals surface area (Å²) in [6.45, 7) is 6.54. The molecular weight excluding hydrogens is 234 g/mol. The summed E-state index contributed by atoms with van der Waals surface area (Å²) in [6.07, 6.45) is 3.07. The zero-order chi connectivity index (χ0) is 13.8. The Morgan fingerprint density at radius 3 is 2.56 bits per heavy atom. The van der Waals surface area contributed by atoms with Crippen molar-refractivity contribution in [2.45, 2.75) is 45.6 Å². The summed E-state index contributed by atoms with van der Waals surface area (Å²) >= 11 is 0. The van der Waals surface area contributed by atoms with Crippen molar-refractivity contribution in [2.24, 2.45) is 0 Å². The predicted octanol–water partition coefficient (Wildman–Crippen LogP) is 2.42. The fourth-order valence-electron chi connectivity index (χ4n) is 1.77. The quantitative estimate of drug-likeness (QED) is 0.781. The van der Waals surface area contributed by atoms with E-state index in [1.165, 1.54) is 0 Å². The number of hydrogen-bond acceptors (Lipinski definition) is 3. The van der Waals surface area contributed by atoms with Gasteiger partial charge in [-0.15, -0.1) is 0 Å². The second-order valence-corrected chi connectivity index (χ2v) is 5.39. The highest BCUT2D eigenvalue weighted by atomic mass is 16.6. The molecule has 0 unspecified atom stereocenters. The van der Waals surface area contributed by atoms with Crippen LogP contribution in [-0.2, 0) is 9.53 Å². The van der Waals surface area contributed by atoms with Gasteiger partial charge in [-0.1, -0.05) is 6.08 Å². The number of carboxylic acid groups (broad SMARTS) is 1. The summed E-state index contributed by atoms with van der Waals surface area (Å²) < 4.78 is 5.30. The van der Waals surface area contributed by atoms with Crippen LogP contribution in [0.5, 0.6) is 0 Å². The number of carboxylic acids is 1. The van der Waals surface area contributed by atoms with Crippen LogP contribution in [0.4, 0.5) is 4.79 Å². The molecule has 1 aliphatic heterocycles. The average Bonchev–Trinajstić information content (AvgIpc) is 2.12. The van der Waals surface area contributed by atoms with Crippen LogP contribution >= 0.6 is 0 Å². The lowest BCUT2D eigenvalue weighted by molar-refractivity contribution is -0.132. The van der Waals surface area contributed by atoms with Gasteiger partial charge in [0.1, 0.15) is 5.60 Å². The van der Waals surface area contributed by atoms with E-state index in [0.29, 0.717) is 37.9 Å². The summed E-state index contributed by atoms with van der Waals surface area (Å²) in [4.78, 5) is 24.3. The summed E-state index contributed by atoms with van der Waals surface area (Å²) in [5, 5.41) is 8.91. The van der Waals surface area contributed by atoms with Crippen LogP contribution in [0.1, 0.15) is 40.0 Å². The minimum absolute atomic E-state index is 0.324. The Hall–Kier alpha value is -1.52. The molecule has 0 aromatic rings. The minimum Gasteiger partial charge on any atom is -0.478 e. The molecule has 1 amide bonds. The normalized spacial score (nSPS) is 17.5. The van der Waals surface area contributed by atoms with E-state index in [1.54, 1.807) is 11.0 Å². The third kappa shape index (κ3) is 4.77. The van der Waals surface area contributed by atoms with Crippen LogP contribution in [0, 0.1) is 0 Å². The van der Waals surface area contributed by atoms with Gasteiger partial charge in [0, 0.05) is 18.7 Å². The first-order valence-corrected chi connectivity index (χ1v) is 6.20. The summed E-state index contributed by atoms with van der Waals surface area (Å²) in [5.41, 5.74) is -0.0551. The number of amides is 1. The number of hydrogen-bond donors (Lipinski definition) is 1. The lowest BCUT2D eigenvalue weighted by atomic mass is 10.1. The monoisotopic (exact) mass is 255 g/mol. The van der Waals surface area contributed by atoms with Crippen LogP contribution in [0.15, 0.2) is 11.6 Å². The summed E-state index contributed by atoms with van der Waals surface area (Å²) in [5.74, 6) is -0.860. The number of nitrogens with zero attached hydrogens (tertiary/aromatic N) is 1.